The summed E-state index contributed by atoms with van der Waals surface area (Å²) in [6, 6.07) is 12.4. The largest absolute Gasteiger partial charge is 0.466 e. The molecule has 0 bridgehead atoms. The van der Waals surface area contributed by atoms with Crippen LogP contribution in [-0.4, -0.2) is 41.3 Å². The fourth-order valence-electron chi connectivity index (χ4n) is 3.58. The number of esters is 2. The van der Waals surface area contributed by atoms with Crippen molar-refractivity contribution in [2.24, 2.45) is 11.5 Å². The molecule has 0 saturated heterocycles. The van der Waals surface area contributed by atoms with Gasteiger partial charge in [-0.05, 0) is 31.0 Å². The molecule has 2 aromatic carbocycles. The number of nitrogens with one attached hydrogen (secondary N) is 3. The van der Waals surface area contributed by atoms with E-state index < -0.39 is 18.0 Å². The summed E-state index contributed by atoms with van der Waals surface area (Å²) in [7, 11) is 0. The van der Waals surface area contributed by atoms with Crippen LogP contribution in [0.15, 0.2) is 42.5 Å². The minimum Gasteiger partial charge on any atom is -0.466 e. The molecule has 7 N–H and O–H groups in total. The predicted molar refractivity (Wildman–Crippen MR) is 141 cm³/mol. The summed E-state index contributed by atoms with van der Waals surface area (Å²) in [4.78, 5) is 27.7. The van der Waals surface area contributed by atoms with Gasteiger partial charge < -0.3 is 25.9 Å². The van der Waals surface area contributed by atoms with E-state index in [2.05, 4.69) is 4.98 Å². The Hall–Kier alpha value is -3.56. The minimum atomic E-state index is -0.621. The normalized spacial score (nSPS) is 11.0. The maximum absolute atomic E-state index is 12.7. The van der Waals surface area contributed by atoms with Crippen LogP contribution >= 0.6 is 24.8 Å². The first-order valence-electron chi connectivity index (χ1n) is 10.5. The van der Waals surface area contributed by atoms with Crippen molar-refractivity contribution >= 4 is 59.3 Å². The Morgan fingerprint density at radius 2 is 1.57 bits per heavy atom. The number of benzene rings is 2. The number of aromatic amines is 1. The molecule has 1 atom stereocenters. The number of nitrogen functional groups attached to an aromatic ring is 2. The highest BCUT2D eigenvalue weighted by Gasteiger charge is 2.20. The van der Waals surface area contributed by atoms with Crippen molar-refractivity contribution in [3.05, 3.63) is 59.2 Å². The Balaban J connectivity index is 0.00000306. The van der Waals surface area contributed by atoms with Crippen molar-refractivity contribution in [3.8, 4) is 11.3 Å². The van der Waals surface area contributed by atoms with Crippen LogP contribution < -0.4 is 11.5 Å². The van der Waals surface area contributed by atoms with Gasteiger partial charge in [0.15, 0.2) is 0 Å². The van der Waals surface area contributed by atoms with Crippen molar-refractivity contribution in [1.82, 2.24) is 4.98 Å². The molecule has 0 aliphatic heterocycles. The van der Waals surface area contributed by atoms with Gasteiger partial charge in [0.25, 0.3) is 0 Å². The van der Waals surface area contributed by atoms with Crippen LogP contribution in [0.2, 0.25) is 0 Å². The summed E-state index contributed by atoms with van der Waals surface area (Å²) in [5.41, 5.74) is 15.3. The number of nitrogens with two attached hydrogens (primary N) is 2. The molecule has 188 valence electrons. The fraction of sp³-hybridized carbons (Fsp3) is 0.250. The predicted octanol–water partition coefficient (Wildman–Crippen LogP) is 3.67. The number of hydrogen-bond acceptors (Lipinski definition) is 6. The van der Waals surface area contributed by atoms with E-state index in [1.165, 1.54) is 0 Å². The highest BCUT2D eigenvalue weighted by molar-refractivity contribution is 6.01. The van der Waals surface area contributed by atoms with Crippen LogP contribution in [0.1, 0.15) is 37.0 Å². The number of ether oxygens (including phenoxy) is 2. The van der Waals surface area contributed by atoms with Crippen molar-refractivity contribution in [2.45, 2.75) is 32.8 Å². The summed E-state index contributed by atoms with van der Waals surface area (Å²) >= 11 is 0. The molecule has 0 amide bonds. The molecule has 0 spiro atoms. The zero-order valence-corrected chi connectivity index (χ0v) is 21.0. The van der Waals surface area contributed by atoms with Gasteiger partial charge in [-0.1, -0.05) is 36.4 Å². The lowest BCUT2D eigenvalue weighted by atomic mass is 10.0. The third-order valence-electron chi connectivity index (χ3n) is 5.11. The van der Waals surface area contributed by atoms with Gasteiger partial charge in [0, 0.05) is 22.0 Å². The van der Waals surface area contributed by atoms with Crippen molar-refractivity contribution in [1.29, 1.82) is 10.8 Å². The van der Waals surface area contributed by atoms with Crippen molar-refractivity contribution in [3.63, 3.8) is 0 Å². The summed E-state index contributed by atoms with van der Waals surface area (Å²) in [6.07, 6.45) is -0.671. The van der Waals surface area contributed by atoms with E-state index in [0.717, 1.165) is 16.5 Å². The van der Waals surface area contributed by atoms with Crippen LogP contribution in [0.3, 0.4) is 0 Å². The van der Waals surface area contributed by atoms with E-state index >= 15 is 0 Å². The summed E-state index contributed by atoms with van der Waals surface area (Å²) in [5.74, 6) is -1.01. The smallest absolute Gasteiger partial charge is 0.310 e. The maximum atomic E-state index is 12.7. The second-order valence-corrected chi connectivity index (χ2v) is 7.63. The average Bonchev–Trinajstić information content (AvgIpc) is 3.11. The van der Waals surface area contributed by atoms with Gasteiger partial charge in [0.05, 0.1) is 25.1 Å². The Morgan fingerprint density at radius 1 is 0.971 bits per heavy atom. The number of fused-ring (bicyclic) bond motifs is 1. The second-order valence-electron chi connectivity index (χ2n) is 7.63. The first kappa shape index (κ1) is 29.5. The molecule has 11 heteroatoms. The number of aromatic nitrogens is 1. The van der Waals surface area contributed by atoms with Gasteiger partial charge in [-0.2, -0.15) is 0 Å². The van der Waals surface area contributed by atoms with Crippen molar-refractivity contribution < 1.29 is 19.1 Å². The first-order valence-corrected chi connectivity index (χ1v) is 10.5. The van der Waals surface area contributed by atoms with Crippen LogP contribution in [-0.2, 0) is 25.5 Å². The number of hydrogen-bond donors (Lipinski definition) is 5. The summed E-state index contributed by atoms with van der Waals surface area (Å²) in [6.45, 7) is 3.63. The lowest BCUT2D eigenvalue weighted by Gasteiger charge is -2.13. The Labute approximate surface area is 215 Å². The number of rotatable bonds is 9. The third kappa shape index (κ3) is 7.21. The van der Waals surface area contributed by atoms with E-state index in [1.54, 1.807) is 44.2 Å². The standard InChI is InChI=1S/C24H27N5O4.2ClH/c1-3-32-20(30)10-13(2)33-21(31)12-18-17-9-8-16(24(27)28)11-19(17)29-22(18)14-4-6-15(7-5-14)23(25)26;;/h4-9,11,13,29H,3,10,12H2,1-2H3,(H3,25,26)(H3,27,28);2*1H. The van der Waals surface area contributed by atoms with Crippen LogP contribution in [0.4, 0.5) is 0 Å². The van der Waals surface area contributed by atoms with E-state index in [4.69, 9.17) is 31.8 Å². The molecule has 0 radical (unpaired) electrons. The molecule has 1 aromatic heterocycles. The Bertz CT molecular complexity index is 1220. The minimum absolute atomic E-state index is 0. The highest BCUT2D eigenvalue weighted by Crippen LogP contribution is 2.32. The topological polar surface area (TPSA) is 168 Å². The molecule has 3 aromatic rings. The van der Waals surface area contributed by atoms with Gasteiger partial charge in [-0.25, -0.2) is 0 Å². The Kier molecular flexibility index (Phi) is 10.8. The zero-order valence-electron chi connectivity index (χ0n) is 19.3. The van der Waals surface area contributed by atoms with Gasteiger partial charge >= 0.3 is 11.9 Å². The van der Waals surface area contributed by atoms with Crippen LogP contribution in [0.5, 0.6) is 0 Å². The highest BCUT2D eigenvalue weighted by atomic mass is 35.5. The van der Waals surface area contributed by atoms with E-state index in [9.17, 15) is 9.59 Å². The third-order valence-corrected chi connectivity index (χ3v) is 5.11. The lowest BCUT2D eigenvalue weighted by molar-refractivity contribution is -0.153. The number of carbonyl (C=O) groups excluding carboxylic acids is 2. The van der Waals surface area contributed by atoms with Gasteiger partial charge in [-0.3, -0.25) is 20.4 Å². The maximum Gasteiger partial charge on any atom is 0.310 e. The fourth-order valence-corrected chi connectivity index (χ4v) is 3.58. The Morgan fingerprint density at radius 3 is 2.14 bits per heavy atom. The molecule has 0 aliphatic rings. The van der Waals surface area contributed by atoms with E-state index in [0.29, 0.717) is 22.4 Å². The second kappa shape index (κ2) is 12.8. The lowest BCUT2D eigenvalue weighted by Crippen LogP contribution is -2.21. The SMILES string of the molecule is CCOC(=O)CC(C)OC(=O)Cc1c(-c2ccc(C(=N)N)cc2)[nH]c2cc(C(=N)N)ccc12.Cl.Cl. The molecule has 35 heavy (non-hydrogen) atoms. The van der Waals surface area contributed by atoms with E-state index in [-0.39, 0.29) is 55.9 Å². The van der Waals surface area contributed by atoms with Crippen LogP contribution in [0, 0.1) is 10.8 Å². The molecule has 9 nitrogen and oxygen atoms in total. The van der Waals surface area contributed by atoms with Crippen LogP contribution in [0.25, 0.3) is 22.2 Å². The molecule has 0 fully saturated rings. The zero-order chi connectivity index (χ0) is 24.1. The average molecular weight is 522 g/mol. The molecule has 1 unspecified atom stereocenters. The first-order chi connectivity index (χ1) is 15.7. The van der Waals surface area contributed by atoms with Crippen molar-refractivity contribution in [2.75, 3.05) is 6.61 Å². The molecule has 3 rings (SSSR count). The quantitative estimate of drug-likeness (QED) is 0.163. The molecule has 0 aliphatic carbocycles. The summed E-state index contributed by atoms with van der Waals surface area (Å²) < 4.78 is 10.3. The number of amidine groups is 2. The van der Waals surface area contributed by atoms with Gasteiger partial charge in [-0.15, -0.1) is 24.8 Å². The monoisotopic (exact) mass is 521 g/mol. The number of halogens is 2. The number of carbonyl (C=O) groups is 2. The van der Waals surface area contributed by atoms with E-state index in [1.807, 2.05) is 12.1 Å². The molecular formula is C24H29Cl2N5O4. The molecule has 0 saturated carbocycles. The number of H-pyrrole nitrogens is 1. The summed E-state index contributed by atoms with van der Waals surface area (Å²) in [5, 5.41) is 16.1. The van der Waals surface area contributed by atoms with Gasteiger partial charge in [0.2, 0.25) is 0 Å². The van der Waals surface area contributed by atoms with Gasteiger partial charge in [0.1, 0.15) is 17.8 Å². The molecule has 1 heterocycles. The molecular weight excluding hydrogens is 493 g/mol.